The van der Waals surface area contributed by atoms with Crippen LogP contribution < -0.4 is 5.32 Å². The number of nitrogens with zero attached hydrogens (tertiary/aromatic N) is 4. The summed E-state index contributed by atoms with van der Waals surface area (Å²) in [6.45, 7) is 8.26. The van der Waals surface area contributed by atoms with Crippen LogP contribution in [0.2, 0.25) is 0 Å². The van der Waals surface area contributed by atoms with Crippen LogP contribution in [0.5, 0.6) is 0 Å². The Morgan fingerprint density at radius 1 is 1.11 bits per heavy atom. The summed E-state index contributed by atoms with van der Waals surface area (Å²) in [5, 5.41) is 15.6. The Kier molecular flexibility index (Phi) is 5.91. The monoisotopic (exact) mass is 381 g/mol. The van der Waals surface area contributed by atoms with Crippen molar-refractivity contribution in [2.45, 2.75) is 38.8 Å². The highest BCUT2D eigenvalue weighted by Crippen LogP contribution is 2.25. The molecule has 1 aromatic heterocycles. The van der Waals surface area contributed by atoms with Crippen LogP contribution in [0.4, 0.5) is 5.69 Å². The number of carbonyl (C=O) groups excluding carboxylic acids is 1. The number of tetrazole rings is 1. The number of para-hydroxylation sites is 2. The van der Waals surface area contributed by atoms with Gasteiger partial charge in [0.1, 0.15) is 0 Å². The molecule has 3 rings (SSSR count). The fraction of sp³-hybridized carbons (Fsp3) is 0.300. The molecule has 1 heterocycles. The lowest BCUT2D eigenvalue weighted by atomic mass is 10.0. The van der Waals surface area contributed by atoms with Gasteiger partial charge in [0.2, 0.25) is 11.1 Å². The number of rotatable bonds is 6. The molecule has 0 bridgehead atoms. The van der Waals surface area contributed by atoms with Crippen LogP contribution in [0.3, 0.4) is 0 Å². The summed E-state index contributed by atoms with van der Waals surface area (Å²) in [4.78, 5) is 12.5. The van der Waals surface area contributed by atoms with E-state index < -0.39 is 0 Å². The molecule has 6 nitrogen and oxygen atoms in total. The van der Waals surface area contributed by atoms with E-state index in [1.165, 1.54) is 11.8 Å². The first-order valence-corrected chi connectivity index (χ1v) is 9.82. The summed E-state index contributed by atoms with van der Waals surface area (Å²) in [7, 11) is 0. The Morgan fingerprint density at radius 2 is 1.81 bits per heavy atom. The molecule has 0 spiro atoms. The van der Waals surface area contributed by atoms with Gasteiger partial charge in [-0.3, -0.25) is 4.79 Å². The predicted octanol–water partition coefficient (Wildman–Crippen LogP) is 4.13. The van der Waals surface area contributed by atoms with Crippen molar-refractivity contribution < 1.29 is 4.79 Å². The van der Waals surface area contributed by atoms with Gasteiger partial charge in [-0.25, -0.2) is 0 Å². The molecule has 0 atom stereocenters. The first-order valence-electron chi connectivity index (χ1n) is 8.84. The molecule has 0 radical (unpaired) electrons. The Labute approximate surface area is 163 Å². The highest BCUT2D eigenvalue weighted by Gasteiger charge is 2.15. The van der Waals surface area contributed by atoms with Crippen molar-refractivity contribution in [3.63, 3.8) is 0 Å². The molecule has 0 aliphatic carbocycles. The largest absolute Gasteiger partial charge is 0.325 e. The Hall–Kier alpha value is -2.67. The van der Waals surface area contributed by atoms with E-state index in [2.05, 4.69) is 34.7 Å². The van der Waals surface area contributed by atoms with Gasteiger partial charge in [0.05, 0.1) is 11.4 Å². The zero-order chi connectivity index (χ0) is 19.4. The molecule has 0 fully saturated rings. The second-order valence-electron chi connectivity index (χ2n) is 6.69. The van der Waals surface area contributed by atoms with Crippen LogP contribution in [0, 0.1) is 13.8 Å². The molecule has 3 aromatic rings. The highest BCUT2D eigenvalue weighted by molar-refractivity contribution is 7.99. The number of anilines is 1. The van der Waals surface area contributed by atoms with E-state index in [9.17, 15) is 4.79 Å². The third kappa shape index (κ3) is 4.36. The molecule has 1 amide bonds. The number of thioether (sulfide) groups is 1. The highest BCUT2D eigenvalue weighted by atomic mass is 32.2. The van der Waals surface area contributed by atoms with Gasteiger partial charge in [-0.15, -0.1) is 5.10 Å². The van der Waals surface area contributed by atoms with E-state index in [1.54, 1.807) is 4.68 Å². The minimum Gasteiger partial charge on any atom is -0.325 e. The summed E-state index contributed by atoms with van der Waals surface area (Å²) >= 11 is 1.32. The van der Waals surface area contributed by atoms with Crippen molar-refractivity contribution in [1.29, 1.82) is 0 Å². The van der Waals surface area contributed by atoms with E-state index in [1.807, 2.05) is 56.3 Å². The molecule has 0 aliphatic rings. The maximum Gasteiger partial charge on any atom is 0.234 e. The number of aromatic nitrogens is 4. The standard InChI is InChI=1S/C20H23N5OS/c1-13(2)16-10-5-6-11-17(16)21-18(26)12-27-20-22-23-24-25(20)19-14(3)8-7-9-15(19)4/h5-11,13H,12H2,1-4H3,(H,21,26). The molecular formula is C20H23N5OS. The second-order valence-corrected chi connectivity index (χ2v) is 7.63. The number of benzene rings is 2. The van der Waals surface area contributed by atoms with E-state index in [-0.39, 0.29) is 11.7 Å². The van der Waals surface area contributed by atoms with Crippen LogP contribution >= 0.6 is 11.8 Å². The molecule has 1 N–H and O–H groups in total. The van der Waals surface area contributed by atoms with E-state index in [0.717, 1.165) is 28.1 Å². The number of hydrogen-bond donors (Lipinski definition) is 1. The van der Waals surface area contributed by atoms with Crippen LogP contribution in [0.25, 0.3) is 5.69 Å². The van der Waals surface area contributed by atoms with Crippen LogP contribution in [0.1, 0.15) is 36.5 Å². The van der Waals surface area contributed by atoms with Crippen LogP contribution in [-0.4, -0.2) is 31.9 Å². The van der Waals surface area contributed by atoms with E-state index in [0.29, 0.717) is 11.1 Å². The Morgan fingerprint density at radius 3 is 2.52 bits per heavy atom. The average molecular weight is 382 g/mol. The Balaban J connectivity index is 1.72. The van der Waals surface area contributed by atoms with Gasteiger partial charge in [0, 0.05) is 5.69 Å². The van der Waals surface area contributed by atoms with Crippen molar-refractivity contribution in [2.24, 2.45) is 0 Å². The minimum absolute atomic E-state index is 0.0795. The third-order valence-electron chi connectivity index (χ3n) is 4.28. The fourth-order valence-electron chi connectivity index (χ4n) is 2.98. The number of carbonyl (C=O) groups is 1. The van der Waals surface area contributed by atoms with Gasteiger partial charge in [-0.05, 0) is 52.9 Å². The maximum absolute atomic E-state index is 12.5. The smallest absolute Gasteiger partial charge is 0.234 e. The predicted molar refractivity (Wildman–Crippen MR) is 109 cm³/mol. The van der Waals surface area contributed by atoms with Gasteiger partial charge in [0.25, 0.3) is 0 Å². The molecule has 140 valence electrons. The molecule has 2 aromatic carbocycles. The first kappa shape index (κ1) is 19.1. The minimum atomic E-state index is -0.0795. The summed E-state index contributed by atoms with van der Waals surface area (Å²) in [6.07, 6.45) is 0. The summed E-state index contributed by atoms with van der Waals surface area (Å²) < 4.78 is 1.70. The quantitative estimate of drug-likeness (QED) is 0.650. The van der Waals surface area contributed by atoms with Gasteiger partial charge >= 0.3 is 0 Å². The zero-order valence-electron chi connectivity index (χ0n) is 15.9. The molecule has 0 saturated heterocycles. The molecule has 27 heavy (non-hydrogen) atoms. The zero-order valence-corrected chi connectivity index (χ0v) is 16.7. The topological polar surface area (TPSA) is 72.7 Å². The fourth-order valence-corrected chi connectivity index (χ4v) is 3.66. The molecule has 0 aliphatic heterocycles. The first-order chi connectivity index (χ1) is 13.0. The molecular weight excluding hydrogens is 358 g/mol. The Bertz CT molecular complexity index is 931. The van der Waals surface area contributed by atoms with E-state index in [4.69, 9.17) is 0 Å². The average Bonchev–Trinajstić information content (AvgIpc) is 3.08. The van der Waals surface area contributed by atoms with Gasteiger partial charge in [-0.1, -0.05) is 62.0 Å². The summed E-state index contributed by atoms with van der Waals surface area (Å²) in [5.74, 6) is 0.493. The SMILES string of the molecule is Cc1cccc(C)c1-n1nnnc1SCC(=O)Nc1ccccc1C(C)C. The number of hydrogen-bond acceptors (Lipinski definition) is 5. The van der Waals surface area contributed by atoms with E-state index >= 15 is 0 Å². The van der Waals surface area contributed by atoms with Crippen molar-refractivity contribution in [1.82, 2.24) is 20.2 Å². The van der Waals surface area contributed by atoms with Gasteiger partial charge in [-0.2, -0.15) is 4.68 Å². The molecule has 0 saturated carbocycles. The lowest BCUT2D eigenvalue weighted by Gasteiger charge is -2.13. The molecule has 0 unspecified atom stereocenters. The maximum atomic E-state index is 12.5. The second kappa shape index (κ2) is 8.35. The van der Waals surface area contributed by atoms with Crippen LogP contribution in [-0.2, 0) is 4.79 Å². The van der Waals surface area contributed by atoms with Gasteiger partial charge < -0.3 is 5.32 Å². The van der Waals surface area contributed by atoms with Crippen LogP contribution in [0.15, 0.2) is 47.6 Å². The summed E-state index contributed by atoms with van der Waals surface area (Å²) in [6, 6.07) is 13.9. The summed E-state index contributed by atoms with van der Waals surface area (Å²) in [5.41, 5.74) is 5.10. The van der Waals surface area contributed by atoms with Gasteiger partial charge in [0.15, 0.2) is 0 Å². The lowest BCUT2D eigenvalue weighted by molar-refractivity contribution is -0.113. The van der Waals surface area contributed by atoms with Crippen molar-refractivity contribution in [2.75, 3.05) is 11.1 Å². The number of nitrogens with one attached hydrogen (secondary N) is 1. The van der Waals surface area contributed by atoms with Crippen molar-refractivity contribution in [3.05, 3.63) is 59.2 Å². The van der Waals surface area contributed by atoms with Crippen molar-refractivity contribution >= 4 is 23.4 Å². The lowest BCUT2D eigenvalue weighted by Crippen LogP contribution is -2.16. The number of amides is 1. The number of aryl methyl sites for hydroxylation is 2. The van der Waals surface area contributed by atoms with Crippen molar-refractivity contribution in [3.8, 4) is 5.69 Å². The molecule has 7 heteroatoms. The third-order valence-corrected chi connectivity index (χ3v) is 5.20. The normalized spacial score (nSPS) is 11.0.